The van der Waals surface area contributed by atoms with Crippen molar-refractivity contribution in [2.24, 2.45) is 0 Å². The summed E-state index contributed by atoms with van der Waals surface area (Å²) in [7, 11) is 0. The number of hydrogen-bond donors (Lipinski definition) is 2. The summed E-state index contributed by atoms with van der Waals surface area (Å²) in [5.41, 5.74) is 0.586. The molecule has 1 heterocycles. The SMILES string of the molecule is O=C(O)c1cncnc1Nc1ccccc1Cl. The first-order valence-electron chi connectivity index (χ1n) is 4.73. The van der Waals surface area contributed by atoms with E-state index in [0.717, 1.165) is 0 Å². The number of para-hydroxylation sites is 1. The number of aromatic carboxylic acids is 1. The van der Waals surface area contributed by atoms with E-state index in [2.05, 4.69) is 15.3 Å². The Balaban J connectivity index is 2.37. The van der Waals surface area contributed by atoms with Crippen molar-refractivity contribution in [3.63, 3.8) is 0 Å². The van der Waals surface area contributed by atoms with Gasteiger partial charge in [0.15, 0.2) is 0 Å². The molecule has 0 amide bonds. The lowest BCUT2D eigenvalue weighted by Crippen LogP contribution is -2.05. The standard InChI is InChI=1S/C11H8ClN3O2/c12-8-3-1-2-4-9(8)15-10-7(11(16)17)5-13-6-14-10/h1-6H,(H,16,17)(H,13,14,15). The fourth-order valence-corrected chi connectivity index (χ4v) is 1.46. The van der Waals surface area contributed by atoms with Crippen LogP contribution in [0.1, 0.15) is 10.4 Å². The molecule has 1 aromatic carbocycles. The van der Waals surface area contributed by atoms with Crippen LogP contribution in [0.4, 0.5) is 11.5 Å². The smallest absolute Gasteiger partial charge is 0.341 e. The minimum atomic E-state index is -1.10. The van der Waals surface area contributed by atoms with Crippen LogP contribution in [-0.2, 0) is 0 Å². The van der Waals surface area contributed by atoms with E-state index in [1.54, 1.807) is 24.3 Å². The molecule has 17 heavy (non-hydrogen) atoms. The van der Waals surface area contributed by atoms with Gasteiger partial charge in [-0.1, -0.05) is 23.7 Å². The van der Waals surface area contributed by atoms with Gasteiger partial charge in [0.1, 0.15) is 17.7 Å². The molecule has 0 saturated carbocycles. The zero-order valence-electron chi connectivity index (χ0n) is 8.59. The molecule has 86 valence electrons. The quantitative estimate of drug-likeness (QED) is 0.874. The highest BCUT2D eigenvalue weighted by atomic mass is 35.5. The number of hydrogen-bond acceptors (Lipinski definition) is 4. The van der Waals surface area contributed by atoms with Gasteiger partial charge in [0, 0.05) is 6.20 Å². The van der Waals surface area contributed by atoms with E-state index >= 15 is 0 Å². The summed E-state index contributed by atoms with van der Waals surface area (Å²) in [6.45, 7) is 0. The van der Waals surface area contributed by atoms with Crippen LogP contribution in [0.2, 0.25) is 5.02 Å². The number of nitrogens with zero attached hydrogens (tertiary/aromatic N) is 2. The van der Waals surface area contributed by atoms with E-state index in [-0.39, 0.29) is 11.4 Å². The van der Waals surface area contributed by atoms with E-state index in [1.165, 1.54) is 12.5 Å². The molecule has 2 N–H and O–H groups in total. The van der Waals surface area contributed by atoms with Crippen molar-refractivity contribution in [1.82, 2.24) is 9.97 Å². The first-order chi connectivity index (χ1) is 8.18. The maximum Gasteiger partial charge on any atom is 0.341 e. The second kappa shape index (κ2) is 4.80. The Morgan fingerprint density at radius 1 is 1.35 bits per heavy atom. The van der Waals surface area contributed by atoms with Crippen molar-refractivity contribution >= 4 is 29.1 Å². The molecule has 0 atom stereocenters. The van der Waals surface area contributed by atoms with Crippen molar-refractivity contribution in [2.45, 2.75) is 0 Å². The van der Waals surface area contributed by atoms with Gasteiger partial charge in [0.25, 0.3) is 0 Å². The highest BCUT2D eigenvalue weighted by Gasteiger charge is 2.12. The van der Waals surface area contributed by atoms with Crippen LogP contribution in [-0.4, -0.2) is 21.0 Å². The van der Waals surface area contributed by atoms with E-state index in [0.29, 0.717) is 10.7 Å². The summed E-state index contributed by atoms with van der Waals surface area (Å²) < 4.78 is 0. The zero-order valence-corrected chi connectivity index (χ0v) is 9.35. The van der Waals surface area contributed by atoms with Gasteiger partial charge < -0.3 is 10.4 Å². The molecule has 0 unspecified atom stereocenters. The number of carbonyl (C=O) groups is 1. The zero-order chi connectivity index (χ0) is 12.3. The van der Waals surface area contributed by atoms with Crippen LogP contribution < -0.4 is 5.32 Å². The number of carboxylic acid groups (broad SMARTS) is 1. The van der Waals surface area contributed by atoms with Gasteiger partial charge in [-0.2, -0.15) is 0 Å². The fraction of sp³-hybridized carbons (Fsp3) is 0. The predicted octanol–water partition coefficient (Wildman–Crippen LogP) is 2.57. The van der Waals surface area contributed by atoms with Crippen molar-refractivity contribution < 1.29 is 9.90 Å². The molecular formula is C11H8ClN3O2. The topological polar surface area (TPSA) is 75.1 Å². The Bertz CT molecular complexity index is 560. The lowest BCUT2D eigenvalue weighted by molar-refractivity contribution is 0.0697. The molecule has 0 bridgehead atoms. The Morgan fingerprint density at radius 2 is 2.12 bits per heavy atom. The van der Waals surface area contributed by atoms with Crippen LogP contribution in [0.15, 0.2) is 36.8 Å². The number of aromatic nitrogens is 2. The number of carboxylic acids is 1. The number of benzene rings is 1. The van der Waals surface area contributed by atoms with Gasteiger partial charge >= 0.3 is 5.97 Å². The van der Waals surface area contributed by atoms with Crippen LogP contribution in [0.3, 0.4) is 0 Å². The largest absolute Gasteiger partial charge is 0.477 e. The Kier molecular flexibility index (Phi) is 3.20. The second-order valence-electron chi connectivity index (χ2n) is 3.20. The lowest BCUT2D eigenvalue weighted by Gasteiger charge is -2.08. The monoisotopic (exact) mass is 249 g/mol. The summed E-state index contributed by atoms with van der Waals surface area (Å²) in [5, 5.41) is 12.3. The van der Waals surface area contributed by atoms with Gasteiger partial charge in [-0.3, -0.25) is 0 Å². The highest BCUT2D eigenvalue weighted by Crippen LogP contribution is 2.25. The molecule has 0 aliphatic heterocycles. The van der Waals surface area contributed by atoms with E-state index < -0.39 is 5.97 Å². The van der Waals surface area contributed by atoms with Crippen molar-refractivity contribution in [3.8, 4) is 0 Å². The first kappa shape index (κ1) is 11.3. The average molecular weight is 250 g/mol. The van der Waals surface area contributed by atoms with Crippen LogP contribution in [0, 0.1) is 0 Å². The number of halogens is 1. The number of nitrogens with one attached hydrogen (secondary N) is 1. The molecule has 0 aliphatic rings. The lowest BCUT2D eigenvalue weighted by atomic mass is 10.2. The van der Waals surface area contributed by atoms with Gasteiger partial charge in [0.05, 0.1) is 10.7 Å². The minimum absolute atomic E-state index is 0.00702. The fourth-order valence-electron chi connectivity index (χ4n) is 1.28. The van der Waals surface area contributed by atoms with Crippen LogP contribution in [0.5, 0.6) is 0 Å². The van der Waals surface area contributed by atoms with Crippen molar-refractivity contribution in [3.05, 3.63) is 47.4 Å². The summed E-state index contributed by atoms with van der Waals surface area (Å²) in [4.78, 5) is 18.5. The van der Waals surface area contributed by atoms with Gasteiger partial charge in [-0.05, 0) is 12.1 Å². The predicted molar refractivity (Wildman–Crippen MR) is 63.7 cm³/mol. The molecule has 0 radical (unpaired) electrons. The molecule has 2 aromatic rings. The maximum atomic E-state index is 10.9. The summed E-state index contributed by atoms with van der Waals surface area (Å²) in [6.07, 6.45) is 2.50. The first-order valence-corrected chi connectivity index (χ1v) is 5.11. The van der Waals surface area contributed by atoms with Gasteiger partial charge in [0.2, 0.25) is 0 Å². The summed E-state index contributed by atoms with van der Waals surface area (Å²) in [6, 6.07) is 7.00. The molecule has 5 nitrogen and oxygen atoms in total. The molecule has 0 aliphatic carbocycles. The Hall–Kier alpha value is -2.14. The van der Waals surface area contributed by atoms with Crippen molar-refractivity contribution in [1.29, 1.82) is 0 Å². The van der Waals surface area contributed by atoms with Gasteiger partial charge in [-0.25, -0.2) is 14.8 Å². The minimum Gasteiger partial charge on any atom is -0.477 e. The number of anilines is 2. The Labute approximate surface area is 102 Å². The van der Waals surface area contributed by atoms with Crippen LogP contribution >= 0.6 is 11.6 Å². The average Bonchev–Trinajstić information content (AvgIpc) is 2.32. The maximum absolute atomic E-state index is 10.9. The third-order valence-corrected chi connectivity index (χ3v) is 2.40. The third-order valence-electron chi connectivity index (χ3n) is 2.07. The third kappa shape index (κ3) is 2.51. The molecule has 0 saturated heterocycles. The molecule has 1 aromatic heterocycles. The molecular weight excluding hydrogens is 242 g/mol. The van der Waals surface area contributed by atoms with E-state index in [9.17, 15) is 4.79 Å². The second-order valence-corrected chi connectivity index (χ2v) is 3.60. The molecule has 0 fully saturated rings. The molecule has 2 rings (SSSR count). The van der Waals surface area contributed by atoms with E-state index in [1.807, 2.05) is 0 Å². The van der Waals surface area contributed by atoms with Crippen LogP contribution in [0.25, 0.3) is 0 Å². The van der Waals surface area contributed by atoms with E-state index in [4.69, 9.17) is 16.7 Å². The Morgan fingerprint density at radius 3 is 2.82 bits per heavy atom. The molecule has 0 spiro atoms. The van der Waals surface area contributed by atoms with Gasteiger partial charge in [-0.15, -0.1) is 0 Å². The summed E-state index contributed by atoms with van der Waals surface area (Å²) in [5.74, 6) is -0.888. The highest BCUT2D eigenvalue weighted by molar-refractivity contribution is 6.33. The summed E-state index contributed by atoms with van der Waals surface area (Å²) >= 11 is 5.95. The van der Waals surface area contributed by atoms with Crippen molar-refractivity contribution in [2.75, 3.05) is 5.32 Å². The molecule has 6 heteroatoms. The normalized spacial score (nSPS) is 9.94. The number of rotatable bonds is 3.